The topological polar surface area (TPSA) is 168 Å². The molecule has 1 aromatic carbocycles. The van der Waals surface area contributed by atoms with Crippen LogP contribution in [0.15, 0.2) is 28.7 Å². The molecule has 40 heavy (non-hydrogen) atoms. The lowest BCUT2D eigenvalue weighted by molar-refractivity contribution is -0.148. The molecule has 1 unspecified atom stereocenters. The van der Waals surface area contributed by atoms with Crippen LogP contribution in [0.4, 0.5) is 5.69 Å². The zero-order chi connectivity index (χ0) is 29.6. The number of aromatic hydroxyl groups is 1. The number of rotatable bonds is 4. The Kier molecular flexibility index (Phi) is 6.56. The van der Waals surface area contributed by atoms with Crippen molar-refractivity contribution in [1.82, 2.24) is 9.80 Å². The van der Waals surface area contributed by atoms with Crippen molar-refractivity contribution in [1.29, 1.82) is 0 Å². The van der Waals surface area contributed by atoms with Gasteiger partial charge in [0, 0.05) is 42.9 Å². The van der Waals surface area contributed by atoms with Crippen molar-refractivity contribution >= 4 is 23.2 Å². The van der Waals surface area contributed by atoms with E-state index < -0.39 is 58.0 Å². The van der Waals surface area contributed by atoms with Gasteiger partial charge in [-0.05, 0) is 77.4 Å². The Balaban J connectivity index is 1.71. The molecular weight excluding hydrogens is 516 g/mol. The molecule has 1 aliphatic heterocycles. The van der Waals surface area contributed by atoms with E-state index in [9.17, 15) is 34.8 Å². The average molecular weight is 555 g/mol. The van der Waals surface area contributed by atoms with Crippen molar-refractivity contribution in [3.05, 3.63) is 45.4 Å². The molecule has 3 aliphatic carbocycles. The summed E-state index contributed by atoms with van der Waals surface area (Å²) in [5.41, 5.74) is 4.28. The average Bonchev–Trinajstić information content (AvgIpc) is 2.85. The highest BCUT2D eigenvalue weighted by atomic mass is 16.3. The van der Waals surface area contributed by atoms with Crippen LogP contribution in [-0.4, -0.2) is 100 Å². The number of phenols is 1. The summed E-state index contributed by atoms with van der Waals surface area (Å²) in [4.78, 5) is 45.5. The first-order chi connectivity index (χ1) is 18.6. The number of aliphatic hydroxyl groups excluding tert-OH is 2. The minimum absolute atomic E-state index is 0.0303. The zero-order valence-corrected chi connectivity index (χ0v) is 23.7. The minimum atomic E-state index is -2.64. The van der Waals surface area contributed by atoms with Gasteiger partial charge in [0.25, 0.3) is 5.91 Å². The first-order valence-corrected chi connectivity index (χ1v) is 13.6. The molecule has 0 aromatic heterocycles. The van der Waals surface area contributed by atoms with Gasteiger partial charge in [-0.1, -0.05) is 0 Å². The highest BCUT2D eigenvalue weighted by molar-refractivity contribution is 6.24. The van der Waals surface area contributed by atoms with E-state index in [4.69, 9.17) is 5.73 Å². The third kappa shape index (κ3) is 3.64. The van der Waals surface area contributed by atoms with Crippen LogP contribution >= 0.6 is 0 Å². The molecule has 1 aromatic rings. The number of aliphatic hydroxyl groups is 3. The lowest BCUT2D eigenvalue weighted by atomic mass is 9.58. The molecule has 0 radical (unpaired) electrons. The van der Waals surface area contributed by atoms with Gasteiger partial charge in [0.05, 0.1) is 11.6 Å². The molecule has 0 bridgehead atoms. The molecule has 11 heteroatoms. The Hall–Kier alpha value is -3.41. The number of likely N-dealkylation sites (N-methyl/N-ethyl adjacent to an activating group) is 1. The number of benzene rings is 1. The van der Waals surface area contributed by atoms with Crippen molar-refractivity contribution in [2.45, 2.75) is 56.8 Å². The summed E-state index contributed by atoms with van der Waals surface area (Å²) in [5.74, 6) is -6.46. The normalized spacial score (nSPS) is 30.1. The molecule has 11 nitrogen and oxygen atoms in total. The summed E-state index contributed by atoms with van der Waals surface area (Å²) in [6.07, 6.45) is 1.18. The number of nitrogens with two attached hydrogens (primary N) is 1. The van der Waals surface area contributed by atoms with E-state index >= 15 is 0 Å². The molecule has 6 N–H and O–H groups in total. The van der Waals surface area contributed by atoms with Gasteiger partial charge in [-0.3, -0.25) is 24.2 Å². The molecule has 216 valence electrons. The van der Waals surface area contributed by atoms with E-state index in [1.165, 1.54) is 0 Å². The number of carbonyl (C=O) groups is 3. The van der Waals surface area contributed by atoms with Gasteiger partial charge in [0.2, 0.25) is 5.78 Å². The molecular formula is C29H38N4O7. The number of Topliss-reactive ketones (excluding diaryl/α,β-unsaturated/α-hetero) is 2. The van der Waals surface area contributed by atoms with E-state index in [1.807, 2.05) is 14.1 Å². The fraction of sp³-hybridized carbons (Fsp3) is 0.552. The molecule has 5 rings (SSSR count). The van der Waals surface area contributed by atoms with Gasteiger partial charge in [0.15, 0.2) is 11.4 Å². The summed E-state index contributed by atoms with van der Waals surface area (Å²) in [6, 6.07) is 0.878. The minimum Gasteiger partial charge on any atom is -0.510 e. The van der Waals surface area contributed by atoms with Crippen LogP contribution in [0, 0.1) is 11.8 Å². The third-order valence-corrected chi connectivity index (χ3v) is 9.51. The molecule has 0 saturated carbocycles. The van der Waals surface area contributed by atoms with Crippen LogP contribution in [-0.2, 0) is 16.0 Å². The van der Waals surface area contributed by atoms with Gasteiger partial charge in [0.1, 0.15) is 22.8 Å². The lowest BCUT2D eigenvalue weighted by Gasteiger charge is -2.50. The fourth-order valence-corrected chi connectivity index (χ4v) is 7.41. The second-order valence-corrected chi connectivity index (χ2v) is 12.1. The Morgan fingerprint density at radius 3 is 2.40 bits per heavy atom. The monoisotopic (exact) mass is 554 g/mol. The molecule has 4 aliphatic rings. The highest BCUT2D eigenvalue weighted by Crippen LogP contribution is 2.54. The number of allylic oxidation sites excluding steroid dienone is 1. The van der Waals surface area contributed by atoms with E-state index in [1.54, 1.807) is 25.1 Å². The van der Waals surface area contributed by atoms with E-state index in [-0.39, 0.29) is 41.8 Å². The van der Waals surface area contributed by atoms with E-state index in [0.717, 1.165) is 24.2 Å². The Morgan fingerprint density at radius 1 is 1.18 bits per heavy atom. The number of phenolic OH excluding ortho intramolecular Hbond substituents is 1. The van der Waals surface area contributed by atoms with Gasteiger partial charge < -0.3 is 31.1 Å². The number of ketones is 2. The Labute approximate surface area is 233 Å². The van der Waals surface area contributed by atoms with Crippen molar-refractivity contribution in [3.63, 3.8) is 0 Å². The predicted molar refractivity (Wildman–Crippen MR) is 147 cm³/mol. The molecule has 1 heterocycles. The zero-order valence-electron chi connectivity index (χ0n) is 23.7. The van der Waals surface area contributed by atoms with Crippen LogP contribution < -0.4 is 10.6 Å². The summed E-state index contributed by atoms with van der Waals surface area (Å²) in [7, 11) is 7.21. The molecule has 5 atom stereocenters. The molecule has 0 saturated heterocycles. The number of hydrogen-bond donors (Lipinski definition) is 5. The largest absolute Gasteiger partial charge is 0.510 e. The number of fused-ring (bicyclic) bond motifs is 5. The Bertz CT molecular complexity index is 1400. The maximum Gasteiger partial charge on any atom is 0.255 e. The second kappa shape index (κ2) is 9.32. The van der Waals surface area contributed by atoms with Crippen molar-refractivity contribution in [3.8, 4) is 5.75 Å². The van der Waals surface area contributed by atoms with Crippen LogP contribution in [0.3, 0.4) is 0 Å². The summed E-state index contributed by atoms with van der Waals surface area (Å²) in [6.45, 7) is 4.94. The Morgan fingerprint density at radius 2 is 1.82 bits per heavy atom. The van der Waals surface area contributed by atoms with Crippen LogP contribution in [0.1, 0.15) is 54.2 Å². The number of anilines is 1. The van der Waals surface area contributed by atoms with Crippen molar-refractivity contribution in [2.24, 2.45) is 17.6 Å². The molecule has 0 fully saturated rings. The summed E-state index contributed by atoms with van der Waals surface area (Å²) >= 11 is 0. The van der Waals surface area contributed by atoms with E-state index in [0.29, 0.717) is 5.56 Å². The van der Waals surface area contributed by atoms with Gasteiger partial charge in [-0.2, -0.15) is 0 Å². The molecule has 0 spiro atoms. The maximum absolute atomic E-state index is 14.0. The number of hydrogen-bond acceptors (Lipinski definition) is 10. The molecule has 1 amide bonds. The quantitative estimate of drug-likeness (QED) is 0.343. The maximum atomic E-state index is 14.0. The van der Waals surface area contributed by atoms with Gasteiger partial charge in [-0.25, -0.2) is 0 Å². The summed E-state index contributed by atoms with van der Waals surface area (Å²) in [5, 5.41) is 45.4. The van der Waals surface area contributed by atoms with E-state index in [2.05, 4.69) is 23.6 Å². The highest BCUT2D eigenvalue weighted by Gasteiger charge is 2.63. The fourth-order valence-electron chi connectivity index (χ4n) is 7.41. The van der Waals surface area contributed by atoms with Gasteiger partial charge in [-0.15, -0.1) is 0 Å². The smallest absolute Gasteiger partial charge is 0.255 e. The van der Waals surface area contributed by atoms with Crippen LogP contribution in [0.25, 0.3) is 0 Å². The standard InChI is InChI=1S/C29H38N4O7/c1-12(2)33(6)17-7-8-32(5)22-14(17)11-18(34)20-15(22)9-13-10-16-23(31(3)4)25(36)21(28(30)39)27(38)29(16,40)26(37)19(13)24(20)35/h11-13,16-17,23,34,36-37,40H,7-10H2,1-6H3,(H2,30,39)/t13-,16+,17?,23+,29-/m0/s1. The van der Waals surface area contributed by atoms with Crippen LogP contribution in [0.2, 0.25) is 0 Å². The van der Waals surface area contributed by atoms with Crippen molar-refractivity contribution < 1.29 is 34.8 Å². The van der Waals surface area contributed by atoms with Crippen molar-refractivity contribution in [2.75, 3.05) is 39.6 Å². The third-order valence-electron chi connectivity index (χ3n) is 9.51. The lowest BCUT2D eigenvalue weighted by Crippen LogP contribution is -2.63. The SMILES string of the molecule is CC(C)N(C)C1CCN(C)c2c1cc(O)c1c2C[C@H]2C[C@@H]3[C@@H](N(C)C)C(O)=C(C(N)=O)C(=O)[C@@]3(O)C(O)=C2C1=O. The first-order valence-electron chi connectivity index (χ1n) is 13.6. The number of nitrogens with zero attached hydrogens (tertiary/aromatic N) is 3. The number of primary amides is 1. The first kappa shape index (κ1) is 28.1. The number of carbonyl (C=O) groups excluding carboxylic acids is 3. The predicted octanol–water partition coefficient (Wildman–Crippen LogP) is 1.34. The second-order valence-electron chi connectivity index (χ2n) is 12.1. The van der Waals surface area contributed by atoms with Crippen LogP contribution in [0.5, 0.6) is 5.75 Å². The van der Waals surface area contributed by atoms with Gasteiger partial charge >= 0.3 is 0 Å². The number of amides is 1. The summed E-state index contributed by atoms with van der Waals surface area (Å²) < 4.78 is 0.